The van der Waals surface area contributed by atoms with E-state index in [9.17, 15) is 13.2 Å². The van der Waals surface area contributed by atoms with Crippen LogP contribution in [0.3, 0.4) is 0 Å². The lowest BCUT2D eigenvalue weighted by Gasteiger charge is -2.24. The average molecular weight is 344 g/mol. The van der Waals surface area contributed by atoms with Gasteiger partial charge in [0, 0.05) is 25.1 Å². The summed E-state index contributed by atoms with van der Waals surface area (Å²) in [7, 11) is -0.600. The van der Waals surface area contributed by atoms with Crippen molar-refractivity contribution in [3.05, 3.63) is 18.2 Å². The van der Waals surface area contributed by atoms with E-state index in [0.717, 1.165) is 10.6 Å². The highest BCUT2D eigenvalue weighted by molar-refractivity contribution is 7.92. The Balaban J connectivity index is 3.06. The number of nitrogens with zero attached hydrogens (tertiary/aromatic N) is 1. The third-order valence-electron chi connectivity index (χ3n) is 3.05. The highest BCUT2D eigenvalue weighted by atomic mass is 32.2. The lowest BCUT2D eigenvalue weighted by atomic mass is 10.2. The van der Waals surface area contributed by atoms with E-state index < -0.39 is 10.0 Å². The molecule has 1 rings (SSSR count). The largest absolute Gasteiger partial charge is 0.497 e. The fourth-order valence-electron chi connectivity index (χ4n) is 2.05. The summed E-state index contributed by atoms with van der Waals surface area (Å²) in [6, 6.07) is 4.84. The molecule has 0 radical (unpaired) electrons. The number of hydrogen-bond donors (Lipinski definition) is 1. The van der Waals surface area contributed by atoms with Gasteiger partial charge in [0.05, 0.1) is 26.2 Å². The van der Waals surface area contributed by atoms with E-state index in [2.05, 4.69) is 5.32 Å². The first kappa shape index (κ1) is 19.1. The second-order valence-corrected chi connectivity index (χ2v) is 7.25. The smallest absolute Gasteiger partial charge is 0.232 e. The zero-order chi connectivity index (χ0) is 17.6. The summed E-state index contributed by atoms with van der Waals surface area (Å²) >= 11 is 0. The topological polar surface area (TPSA) is 84.9 Å². The molecule has 0 saturated carbocycles. The van der Waals surface area contributed by atoms with Crippen LogP contribution in [0.1, 0.15) is 20.3 Å². The Morgan fingerprint density at radius 3 is 2.39 bits per heavy atom. The maximum Gasteiger partial charge on any atom is 0.232 e. The Kier molecular flexibility index (Phi) is 6.68. The number of anilines is 1. The molecule has 1 N–H and O–H groups in total. The van der Waals surface area contributed by atoms with Crippen LogP contribution < -0.4 is 19.1 Å². The number of sulfonamides is 1. The van der Waals surface area contributed by atoms with Crippen LogP contribution in [0.5, 0.6) is 11.5 Å². The molecule has 0 aliphatic heterocycles. The fourth-order valence-corrected chi connectivity index (χ4v) is 2.98. The van der Waals surface area contributed by atoms with Crippen LogP contribution in [0.25, 0.3) is 0 Å². The number of benzene rings is 1. The molecule has 0 aliphatic rings. The quantitative estimate of drug-likeness (QED) is 0.770. The predicted octanol–water partition coefficient (Wildman–Crippen LogP) is 1.38. The van der Waals surface area contributed by atoms with E-state index in [-0.39, 0.29) is 24.9 Å². The molecule has 0 spiro atoms. The van der Waals surface area contributed by atoms with Crippen LogP contribution in [-0.4, -0.2) is 47.4 Å². The van der Waals surface area contributed by atoms with Gasteiger partial charge in [0.25, 0.3) is 0 Å². The van der Waals surface area contributed by atoms with Crippen LogP contribution in [0, 0.1) is 0 Å². The summed E-state index contributed by atoms with van der Waals surface area (Å²) in [6.45, 7) is 3.72. The van der Waals surface area contributed by atoms with Gasteiger partial charge >= 0.3 is 0 Å². The van der Waals surface area contributed by atoms with Gasteiger partial charge in [0.1, 0.15) is 11.5 Å². The minimum atomic E-state index is -3.56. The van der Waals surface area contributed by atoms with Crippen LogP contribution in [0.2, 0.25) is 0 Å². The number of nitrogens with one attached hydrogen (secondary N) is 1. The Hall–Kier alpha value is -1.96. The second-order valence-electron chi connectivity index (χ2n) is 5.35. The van der Waals surface area contributed by atoms with E-state index in [4.69, 9.17) is 9.47 Å². The van der Waals surface area contributed by atoms with E-state index in [0.29, 0.717) is 17.2 Å². The lowest BCUT2D eigenvalue weighted by molar-refractivity contribution is -0.121. The van der Waals surface area contributed by atoms with Crippen molar-refractivity contribution in [1.82, 2.24) is 5.32 Å². The van der Waals surface area contributed by atoms with Crippen molar-refractivity contribution in [3.63, 3.8) is 0 Å². The molecular formula is C15H24N2O5S. The molecule has 1 aromatic carbocycles. The highest BCUT2D eigenvalue weighted by Crippen LogP contribution is 2.33. The van der Waals surface area contributed by atoms with Gasteiger partial charge in [-0.1, -0.05) is 0 Å². The average Bonchev–Trinajstić information content (AvgIpc) is 2.45. The van der Waals surface area contributed by atoms with E-state index in [1.54, 1.807) is 18.2 Å². The molecule has 130 valence electrons. The van der Waals surface area contributed by atoms with Gasteiger partial charge in [-0.05, 0) is 26.0 Å². The summed E-state index contributed by atoms with van der Waals surface area (Å²) < 4.78 is 35.7. The fraction of sp³-hybridized carbons (Fsp3) is 0.533. The van der Waals surface area contributed by atoms with Gasteiger partial charge in [0.15, 0.2) is 0 Å². The van der Waals surface area contributed by atoms with Crippen molar-refractivity contribution >= 4 is 21.6 Å². The summed E-state index contributed by atoms with van der Waals surface area (Å²) in [5, 5.41) is 2.74. The lowest BCUT2D eigenvalue weighted by Crippen LogP contribution is -2.36. The van der Waals surface area contributed by atoms with Gasteiger partial charge in [0.2, 0.25) is 15.9 Å². The summed E-state index contributed by atoms with van der Waals surface area (Å²) in [4.78, 5) is 11.8. The molecule has 0 atom stereocenters. The molecule has 8 heteroatoms. The Labute approximate surface area is 137 Å². The SMILES string of the molecule is COc1ccc(N(CCC(=O)NC(C)C)S(C)(=O)=O)c(OC)c1. The maximum absolute atomic E-state index is 12.1. The summed E-state index contributed by atoms with van der Waals surface area (Å²) in [6.07, 6.45) is 1.15. The van der Waals surface area contributed by atoms with Crippen LogP contribution >= 0.6 is 0 Å². The van der Waals surface area contributed by atoms with Crippen molar-refractivity contribution < 1.29 is 22.7 Å². The molecule has 0 bridgehead atoms. The first-order valence-electron chi connectivity index (χ1n) is 7.18. The van der Waals surface area contributed by atoms with Crippen LogP contribution in [0.15, 0.2) is 18.2 Å². The van der Waals surface area contributed by atoms with Crippen molar-refractivity contribution in [3.8, 4) is 11.5 Å². The van der Waals surface area contributed by atoms with E-state index >= 15 is 0 Å². The molecule has 0 unspecified atom stereocenters. The highest BCUT2D eigenvalue weighted by Gasteiger charge is 2.22. The van der Waals surface area contributed by atoms with E-state index in [1.807, 2.05) is 13.8 Å². The predicted molar refractivity (Wildman–Crippen MR) is 89.6 cm³/mol. The Bertz CT molecular complexity index is 643. The molecular weight excluding hydrogens is 320 g/mol. The molecule has 0 aliphatic carbocycles. The number of carbonyl (C=O) groups is 1. The van der Waals surface area contributed by atoms with Crippen LogP contribution in [0.4, 0.5) is 5.69 Å². The number of carbonyl (C=O) groups excluding carboxylic acids is 1. The molecule has 23 heavy (non-hydrogen) atoms. The molecule has 0 fully saturated rings. The minimum Gasteiger partial charge on any atom is -0.497 e. The van der Waals surface area contributed by atoms with E-state index in [1.165, 1.54) is 14.2 Å². The maximum atomic E-state index is 12.1. The zero-order valence-electron chi connectivity index (χ0n) is 14.1. The minimum absolute atomic E-state index is 0.00436. The van der Waals surface area contributed by atoms with Gasteiger partial charge in [-0.3, -0.25) is 9.10 Å². The van der Waals surface area contributed by atoms with Gasteiger partial charge in [-0.15, -0.1) is 0 Å². The third-order valence-corrected chi connectivity index (χ3v) is 4.23. The van der Waals surface area contributed by atoms with Crippen molar-refractivity contribution in [2.45, 2.75) is 26.3 Å². The number of ether oxygens (including phenoxy) is 2. The first-order valence-corrected chi connectivity index (χ1v) is 9.03. The monoisotopic (exact) mass is 344 g/mol. The first-order chi connectivity index (χ1) is 10.7. The zero-order valence-corrected chi connectivity index (χ0v) is 14.9. The van der Waals surface area contributed by atoms with Crippen molar-refractivity contribution in [2.24, 2.45) is 0 Å². The second kappa shape index (κ2) is 8.05. The number of methoxy groups -OCH3 is 2. The van der Waals surface area contributed by atoms with Crippen molar-refractivity contribution in [2.75, 3.05) is 31.3 Å². The third kappa shape index (κ3) is 5.63. The number of hydrogen-bond acceptors (Lipinski definition) is 5. The standard InChI is InChI=1S/C15H24N2O5S/c1-11(2)16-15(18)8-9-17(23(5,19)20)13-7-6-12(21-3)10-14(13)22-4/h6-7,10-11H,8-9H2,1-5H3,(H,16,18). The number of rotatable bonds is 8. The summed E-state index contributed by atoms with van der Waals surface area (Å²) in [5.74, 6) is 0.705. The Morgan fingerprint density at radius 2 is 1.91 bits per heavy atom. The number of amides is 1. The van der Waals surface area contributed by atoms with Crippen molar-refractivity contribution in [1.29, 1.82) is 0 Å². The Morgan fingerprint density at radius 1 is 1.26 bits per heavy atom. The van der Waals surface area contributed by atoms with Crippen LogP contribution in [-0.2, 0) is 14.8 Å². The molecule has 1 aromatic rings. The molecule has 1 amide bonds. The van der Waals surface area contributed by atoms with Gasteiger partial charge in [-0.2, -0.15) is 0 Å². The van der Waals surface area contributed by atoms with Gasteiger partial charge < -0.3 is 14.8 Å². The molecule has 7 nitrogen and oxygen atoms in total. The van der Waals surface area contributed by atoms with Gasteiger partial charge in [-0.25, -0.2) is 8.42 Å². The normalized spacial score (nSPS) is 11.2. The molecule has 0 heterocycles. The molecule has 0 saturated heterocycles. The summed E-state index contributed by atoms with van der Waals surface area (Å²) in [5.41, 5.74) is 0.369. The molecule has 0 aromatic heterocycles.